The van der Waals surface area contributed by atoms with Crippen LogP contribution in [0.4, 0.5) is 5.69 Å². The molecule has 1 saturated heterocycles. The van der Waals surface area contributed by atoms with Crippen molar-refractivity contribution in [3.63, 3.8) is 0 Å². The summed E-state index contributed by atoms with van der Waals surface area (Å²) in [7, 11) is 1.74. The maximum absolute atomic E-state index is 5.47. The normalized spacial score (nSPS) is 16.1. The Morgan fingerprint density at radius 1 is 1.18 bits per heavy atom. The Hall–Kier alpha value is -0.820. The van der Waals surface area contributed by atoms with Crippen LogP contribution in [-0.4, -0.2) is 43.2 Å². The molecular formula is C17H28IN3O. The smallest absolute Gasteiger partial charge is 0.198 e. The van der Waals surface area contributed by atoms with Gasteiger partial charge in [-0.05, 0) is 45.2 Å². The van der Waals surface area contributed by atoms with E-state index in [1.165, 1.54) is 19.3 Å². The number of likely N-dealkylation sites (tertiary alicyclic amines) is 1. The lowest BCUT2D eigenvalue weighted by Gasteiger charge is -2.31. The molecule has 124 valence electrons. The molecule has 0 saturated carbocycles. The topological polar surface area (TPSA) is 36.9 Å². The Kier molecular flexibility index (Phi) is 8.17. The Morgan fingerprint density at radius 2 is 1.82 bits per heavy atom. The summed E-state index contributed by atoms with van der Waals surface area (Å²) in [5.41, 5.74) is 0.844. The molecule has 1 aromatic rings. The summed E-state index contributed by atoms with van der Waals surface area (Å²) in [5.74, 6) is 0.964. The minimum atomic E-state index is -0.237. The van der Waals surface area contributed by atoms with Gasteiger partial charge < -0.3 is 15.0 Å². The number of benzene rings is 1. The molecule has 1 N–H and O–H groups in total. The fraction of sp³-hybridized carbons (Fsp3) is 0.588. The van der Waals surface area contributed by atoms with Gasteiger partial charge in [0.15, 0.2) is 5.96 Å². The van der Waals surface area contributed by atoms with Crippen molar-refractivity contribution in [3.8, 4) is 0 Å². The lowest BCUT2D eigenvalue weighted by atomic mass is 10.1. The van der Waals surface area contributed by atoms with Crippen molar-refractivity contribution in [1.82, 2.24) is 4.90 Å². The first-order valence-electron chi connectivity index (χ1n) is 7.77. The molecule has 0 radical (unpaired) electrons. The summed E-state index contributed by atoms with van der Waals surface area (Å²) in [6.07, 6.45) is 3.80. The van der Waals surface area contributed by atoms with Gasteiger partial charge in [0.1, 0.15) is 0 Å². The van der Waals surface area contributed by atoms with E-state index < -0.39 is 0 Å². The van der Waals surface area contributed by atoms with E-state index in [4.69, 9.17) is 9.73 Å². The van der Waals surface area contributed by atoms with Gasteiger partial charge >= 0.3 is 0 Å². The predicted octanol–water partition coefficient (Wildman–Crippen LogP) is 3.98. The third-order valence-electron chi connectivity index (χ3n) is 3.85. The van der Waals surface area contributed by atoms with Crippen molar-refractivity contribution in [2.75, 3.05) is 32.1 Å². The molecule has 1 heterocycles. The first kappa shape index (κ1) is 19.2. The second-order valence-corrected chi connectivity index (χ2v) is 6.14. The Morgan fingerprint density at radius 3 is 2.41 bits per heavy atom. The van der Waals surface area contributed by atoms with Crippen molar-refractivity contribution in [2.24, 2.45) is 4.99 Å². The number of guanidine groups is 1. The Balaban J connectivity index is 0.00000242. The maximum atomic E-state index is 5.47. The van der Waals surface area contributed by atoms with Crippen molar-refractivity contribution < 1.29 is 4.74 Å². The summed E-state index contributed by atoms with van der Waals surface area (Å²) >= 11 is 0. The first-order valence-corrected chi connectivity index (χ1v) is 7.77. The summed E-state index contributed by atoms with van der Waals surface area (Å²) in [4.78, 5) is 7.14. The molecule has 0 aliphatic carbocycles. The van der Waals surface area contributed by atoms with Gasteiger partial charge in [0.05, 0.1) is 12.1 Å². The molecule has 1 fully saturated rings. The van der Waals surface area contributed by atoms with Gasteiger partial charge in [-0.3, -0.25) is 0 Å². The van der Waals surface area contributed by atoms with Crippen LogP contribution in [-0.2, 0) is 4.74 Å². The van der Waals surface area contributed by atoms with Gasteiger partial charge in [0.25, 0.3) is 0 Å². The molecule has 1 aliphatic rings. The van der Waals surface area contributed by atoms with Gasteiger partial charge in [-0.15, -0.1) is 24.0 Å². The Bertz CT molecular complexity index is 456. The van der Waals surface area contributed by atoms with Crippen LogP contribution in [0, 0.1) is 0 Å². The molecule has 0 bridgehead atoms. The molecule has 0 spiro atoms. The fourth-order valence-electron chi connectivity index (χ4n) is 2.30. The Labute approximate surface area is 151 Å². The second kappa shape index (κ2) is 9.35. The van der Waals surface area contributed by atoms with Crippen molar-refractivity contribution in [2.45, 2.75) is 38.7 Å². The highest BCUT2D eigenvalue weighted by Gasteiger charge is 2.19. The number of methoxy groups -OCH3 is 1. The number of halogens is 1. The molecule has 0 atom stereocenters. The van der Waals surface area contributed by atoms with Crippen LogP contribution in [0.1, 0.15) is 33.1 Å². The average Bonchev–Trinajstić information content (AvgIpc) is 2.53. The van der Waals surface area contributed by atoms with Crippen LogP contribution in [0.25, 0.3) is 0 Å². The summed E-state index contributed by atoms with van der Waals surface area (Å²) in [5, 5.41) is 3.47. The van der Waals surface area contributed by atoms with Crippen LogP contribution in [0.15, 0.2) is 35.3 Å². The van der Waals surface area contributed by atoms with E-state index in [1.54, 1.807) is 7.11 Å². The summed E-state index contributed by atoms with van der Waals surface area (Å²) < 4.78 is 5.47. The molecule has 1 aliphatic heterocycles. The van der Waals surface area contributed by atoms with Crippen molar-refractivity contribution in [1.29, 1.82) is 0 Å². The van der Waals surface area contributed by atoms with Gasteiger partial charge in [-0.25, -0.2) is 4.99 Å². The number of para-hydroxylation sites is 1. The average molecular weight is 417 g/mol. The SMILES string of the molecule is COC(C)(C)CN=C(Nc1ccccc1)N1CCCCC1.I. The quantitative estimate of drug-likeness (QED) is 0.458. The number of ether oxygens (including phenoxy) is 1. The predicted molar refractivity (Wildman–Crippen MR) is 104 cm³/mol. The van der Waals surface area contributed by atoms with E-state index in [-0.39, 0.29) is 29.6 Å². The first-order chi connectivity index (χ1) is 10.1. The molecule has 0 aromatic heterocycles. The molecule has 1 aromatic carbocycles. The van der Waals surface area contributed by atoms with Crippen LogP contribution in [0.2, 0.25) is 0 Å². The number of piperidine rings is 1. The summed E-state index contributed by atoms with van der Waals surface area (Å²) in [6, 6.07) is 10.2. The number of nitrogens with zero attached hydrogens (tertiary/aromatic N) is 2. The number of hydrogen-bond acceptors (Lipinski definition) is 2. The minimum absolute atomic E-state index is 0. The van der Waals surface area contributed by atoms with E-state index in [1.807, 2.05) is 18.2 Å². The third kappa shape index (κ3) is 6.12. The second-order valence-electron chi connectivity index (χ2n) is 6.14. The highest BCUT2D eigenvalue weighted by atomic mass is 127. The number of aliphatic imine (C=N–C) groups is 1. The molecule has 22 heavy (non-hydrogen) atoms. The largest absolute Gasteiger partial charge is 0.377 e. The number of nitrogens with one attached hydrogen (secondary N) is 1. The van der Waals surface area contributed by atoms with Gasteiger partial charge in [0, 0.05) is 25.9 Å². The molecule has 4 nitrogen and oxygen atoms in total. The zero-order valence-corrected chi connectivity index (χ0v) is 16.2. The molecule has 2 rings (SSSR count). The zero-order valence-electron chi connectivity index (χ0n) is 13.8. The highest BCUT2D eigenvalue weighted by Crippen LogP contribution is 2.14. The molecule has 5 heteroatoms. The van der Waals surface area contributed by atoms with E-state index in [0.717, 1.165) is 24.7 Å². The van der Waals surface area contributed by atoms with Crippen molar-refractivity contribution in [3.05, 3.63) is 30.3 Å². The van der Waals surface area contributed by atoms with E-state index in [0.29, 0.717) is 6.54 Å². The standard InChI is InChI=1S/C17H27N3O.HI/c1-17(2,21-3)14-18-16(20-12-8-5-9-13-20)19-15-10-6-4-7-11-15;/h4,6-7,10-11H,5,8-9,12-14H2,1-3H3,(H,18,19);1H. The monoisotopic (exact) mass is 417 g/mol. The number of hydrogen-bond donors (Lipinski definition) is 1. The molecule has 0 unspecified atom stereocenters. The van der Waals surface area contributed by atoms with Crippen LogP contribution in [0.5, 0.6) is 0 Å². The van der Waals surface area contributed by atoms with Gasteiger partial charge in [0.2, 0.25) is 0 Å². The van der Waals surface area contributed by atoms with Gasteiger partial charge in [-0.1, -0.05) is 18.2 Å². The van der Waals surface area contributed by atoms with E-state index in [9.17, 15) is 0 Å². The van der Waals surface area contributed by atoms with Crippen molar-refractivity contribution >= 4 is 35.6 Å². The molecule has 0 amide bonds. The lowest BCUT2D eigenvalue weighted by Crippen LogP contribution is -2.41. The number of anilines is 1. The zero-order chi connectivity index (χ0) is 15.1. The minimum Gasteiger partial charge on any atom is -0.377 e. The third-order valence-corrected chi connectivity index (χ3v) is 3.85. The van der Waals surface area contributed by atoms with Crippen LogP contribution >= 0.6 is 24.0 Å². The molecular weight excluding hydrogens is 389 g/mol. The van der Waals surface area contributed by atoms with Crippen LogP contribution < -0.4 is 5.32 Å². The van der Waals surface area contributed by atoms with E-state index >= 15 is 0 Å². The van der Waals surface area contributed by atoms with Crippen LogP contribution in [0.3, 0.4) is 0 Å². The maximum Gasteiger partial charge on any atom is 0.198 e. The van der Waals surface area contributed by atoms with E-state index in [2.05, 4.69) is 36.2 Å². The van der Waals surface area contributed by atoms with Gasteiger partial charge in [-0.2, -0.15) is 0 Å². The number of rotatable bonds is 4. The lowest BCUT2D eigenvalue weighted by molar-refractivity contribution is 0.0309. The highest BCUT2D eigenvalue weighted by molar-refractivity contribution is 14.0. The summed E-state index contributed by atoms with van der Waals surface area (Å²) in [6.45, 7) is 6.92. The fourth-order valence-corrected chi connectivity index (χ4v) is 2.30.